The molecule has 0 aliphatic rings. The van der Waals surface area contributed by atoms with Crippen LogP contribution < -0.4 is 4.72 Å². The maximum atomic E-state index is 12.9. The molecule has 0 fully saturated rings. The molecule has 3 rings (SSSR count). The monoisotopic (exact) mass is 372 g/mol. The zero-order valence-electron chi connectivity index (χ0n) is 14.6. The van der Waals surface area contributed by atoms with Gasteiger partial charge >= 0.3 is 0 Å². The van der Waals surface area contributed by atoms with E-state index >= 15 is 0 Å². The van der Waals surface area contributed by atoms with Crippen molar-refractivity contribution in [3.8, 4) is 11.3 Å². The molecule has 0 saturated heterocycles. The van der Waals surface area contributed by atoms with Crippen LogP contribution in [0.3, 0.4) is 0 Å². The van der Waals surface area contributed by atoms with Crippen molar-refractivity contribution >= 4 is 27.0 Å². The van der Waals surface area contributed by atoms with Crippen molar-refractivity contribution in [2.75, 3.05) is 4.72 Å². The van der Waals surface area contributed by atoms with E-state index in [4.69, 9.17) is 0 Å². The average Bonchev–Trinajstić information content (AvgIpc) is 2.97. The van der Waals surface area contributed by atoms with Gasteiger partial charge in [-0.25, -0.2) is 13.4 Å². The van der Waals surface area contributed by atoms with E-state index in [0.717, 1.165) is 33.0 Å². The number of nitrogens with one attached hydrogen (secondary N) is 1. The van der Waals surface area contributed by atoms with Crippen LogP contribution in [-0.4, -0.2) is 13.4 Å². The molecule has 6 heteroatoms. The normalized spacial score (nSPS) is 11.5. The summed E-state index contributed by atoms with van der Waals surface area (Å²) in [5.41, 5.74) is 4.85. The van der Waals surface area contributed by atoms with E-state index in [1.807, 2.05) is 57.3 Å². The molecule has 0 unspecified atom stereocenters. The minimum atomic E-state index is -3.68. The van der Waals surface area contributed by atoms with E-state index in [0.29, 0.717) is 10.6 Å². The van der Waals surface area contributed by atoms with Gasteiger partial charge < -0.3 is 0 Å². The highest BCUT2D eigenvalue weighted by atomic mass is 32.2. The van der Waals surface area contributed by atoms with Crippen molar-refractivity contribution in [3.05, 3.63) is 63.5 Å². The minimum Gasteiger partial charge on any atom is -0.279 e. The molecule has 2 aromatic carbocycles. The summed E-state index contributed by atoms with van der Waals surface area (Å²) >= 11 is 1.54. The number of nitrogens with zero attached hydrogens (tertiary/aromatic N) is 1. The molecule has 4 nitrogen and oxygen atoms in total. The smallest absolute Gasteiger partial charge is 0.262 e. The Morgan fingerprint density at radius 1 is 0.960 bits per heavy atom. The van der Waals surface area contributed by atoms with Gasteiger partial charge in [0.05, 0.1) is 21.3 Å². The Kier molecular flexibility index (Phi) is 4.67. The first-order valence-corrected chi connectivity index (χ1v) is 10.3. The molecule has 0 bridgehead atoms. The quantitative estimate of drug-likeness (QED) is 0.712. The third-order valence-corrected chi connectivity index (χ3v) is 6.43. The van der Waals surface area contributed by atoms with Gasteiger partial charge in [0.25, 0.3) is 10.0 Å². The van der Waals surface area contributed by atoms with Gasteiger partial charge in [-0.05, 0) is 56.5 Å². The SMILES string of the molecule is Cc1nc(-c2ccccc2NS(=O)(=O)c2cc(C)c(C)cc2C)cs1. The molecule has 0 aliphatic heterocycles. The maximum absolute atomic E-state index is 12.9. The first-order chi connectivity index (χ1) is 11.8. The van der Waals surface area contributed by atoms with E-state index in [2.05, 4.69) is 9.71 Å². The Balaban J connectivity index is 2.04. The predicted octanol–water partition coefficient (Wildman–Crippen LogP) is 4.84. The van der Waals surface area contributed by atoms with E-state index in [9.17, 15) is 8.42 Å². The standard InChI is InChI=1S/C19H20N2O2S2/c1-12-9-14(3)19(10-13(12)2)25(22,23)21-17-8-6-5-7-16(17)18-11-24-15(4)20-18/h5-11,21H,1-4H3. The van der Waals surface area contributed by atoms with E-state index in [-0.39, 0.29) is 0 Å². The Labute approximate surface area is 152 Å². The molecule has 0 aliphatic carbocycles. The van der Waals surface area contributed by atoms with Gasteiger partial charge in [0.1, 0.15) is 0 Å². The lowest BCUT2D eigenvalue weighted by Crippen LogP contribution is -2.15. The summed E-state index contributed by atoms with van der Waals surface area (Å²) < 4.78 is 28.6. The second kappa shape index (κ2) is 6.61. The van der Waals surface area contributed by atoms with Gasteiger partial charge in [-0.3, -0.25) is 4.72 Å². The highest BCUT2D eigenvalue weighted by Gasteiger charge is 2.20. The molecule has 1 aromatic heterocycles. The second-order valence-corrected chi connectivity index (χ2v) is 8.82. The van der Waals surface area contributed by atoms with Gasteiger partial charge in [-0.2, -0.15) is 0 Å². The van der Waals surface area contributed by atoms with E-state index in [1.165, 1.54) is 11.3 Å². The van der Waals surface area contributed by atoms with Crippen LogP contribution in [-0.2, 0) is 10.0 Å². The summed E-state index contributed by atoms with van der Waals surface area (Å²) in [6.45, 7) is 7.64. The molecule has 0 saturated carbocycles. The third kappa shape index (κ3) is 3.60. The number of rotatable bonds is 4. The lowest BCUT2D eigenvalue weighted by Gasteiger charge is -2.14. The van der Waals surface area contributed by atoms with Crippen molar-refractivity contribution in [3.63, 3.8) is 0 Å². The molecular formula is C19H20N2O2S2. The molecule has 0 amide bonds. The molecule has 25 heavy (non-hydrogen) atoms. The highest BCUT2D eigenvalue weighted by molar-refractivity contribution is 7.92. The largest absolute Gasteiger partial charge is 0.279 e. The zero-order valence-corrected chi connectivity index (χ0v) is 16.3. The number of thiazole rings is 1. The summed E-state index contributed by atoms with van der Waals surface area (Å²) in [7, 11) is -3.68. The van der Waals surface area contributed by atoms with Crippen LogP contribution in [0.2, 0.25) is 0 Å². The molecular weight excluding hydrogens is 352 g/mol. The van der Waals surface area contributed by atoms with Gasteiger partial charge in [0, 0.05) is 10.9 Å². The number of hydrogen-bond donors (Lipinski definition) is 1. The van der Waals surface area contributed by atoms with Crippen LogP contribution in [0.4, 0.5) is 5.69 Å². The van der Waals surface area contributed by atoms with Gasteiger partial charge in [0.2, 0.25) is 0 Å². The predicted molar refractivity (Wildman–Crippen MR) is 104 cm³/mol. The van der Waals surface area contributed by atoms with E-state index < -0.39 is 10.0 Å². The van der Waals surface area contributed by atoms with Crippen LogP contribution in [0.1, 0.15) is 21.7 Å². The molecule has 0 radical (unpaired) electrons. The molecule has 0 atom stereocenters. The minimum absolute atomic E-state index is 0.305. The average molecular weight is 373 g/mol. The fourth-order valence-corrected chi connectivity index (χ4v) is 4.71. The maximum Gasteiger partial charge on any atom is 0.262 e. The van der Waals surface area contributed by atoms with Crippen LogP contribution in [0.15, 0.2) is 46.7 Å². The first kappa shape index (κ1) is 17.6. The van der Waals surface area contributed by atoms with Crippen LogP contribution in [0.5, 0.6) is 0 Å². The van der Waals surface area contributed by atoms with Crippen LogP contribution >= 0.6 is 11.3 Å². The van der Waals surface area contributed by atoms with Gasteiger partial charge in [0.15, 0.2) is 0 Å². The summed E-state index contributed by atoms with van der Waals surface area (Å²) in [6, 6.07) is 11.0. The second-order valence-electron chi connectivity index (χ2n) is 6.10. The molecule has 0 spiro atoms. The van der Waals surface area contributed by atoms with Crippen molar-refractivity contribution in [1.29, 1.82) is 0 Å². The number of aromatic nitrogens is 1. The first-order valence-electron chi connectivity index (χ1n) is 7.90. The fraction of sp³-hybridized carbons (Fsp3) is 0.211. The molecule has 3 aromatic rings. The molecule has 130 valence electrons. The summed E-state index contributed by atoms with van der Waals surface area (Å²) in [6.07, 6.45) is 0. The third-order valence-electron chi connectivity index (χ3n) is 4.15. The highest BCUT2D eigenvalue weighted by Crippen LogP contribution is 2.31. The number of para-hydroxylation sites is 1. The van der Waals surface area contributed by atoms with Crippen molar-refractivity contribution in [1.82, 2.24) is 4.98 Å². The number of sulfonamides is 1. The van der Waals surface area contributed by atoms with Crippen LogP contribution in [0.25, 0.3) is 11.3 Å². The van der Waals surface area contributed by atoms with Crippen molar-refractivity contribution in [2.24, 2.45) is 0 Å². The fourth-order valence-electron chi connectivity index (χ4n) is 2.71. The number of anilines is 1. The van der Waals surface area contributed by atoms with E-state index in [1.54, 1.807) is 12.1 Å². The van der Waals surface area contributed by atoms with Crippen molar-refractivity contribution < 1.29 is 8.42 Å². The zero-order chi connectivity index (χ0) is 18.2. The Hall–Kier alpha value is -2.18. The summed E-state index contributed by atoms with van der Waals surface area (Å²) in [4.78, 5) is 4.78. The Morgan fingerprint density at radius 2 is 1.64 bits per heavy atom. The lowest BCUT2D eigenvalue weighted by molar-refractivity contribution is 0.600. The number of aryl methyl sites for hydroxylation is 4. The molecule has 1 N–H and O–H groups in total. The van der Waals surface area contributed by atoms with Crippen molar-refractivity contribution in [2.45, 2.75) is 32.6 Å². The topological polar surface area (TPSA) is 59.1 Å². The van der Waals surface area contributed by atoms with Gasteiger partial charge in [-0.1, -0.05) is 24.3 Å². The summed E-state index contributed by atoms with van der Waals surface area (Å²) in [5.74, 6) is 0. The Morgan fingerprint density at radius 3 is 2.32 bits per heavy atom. The Bertz CT molecular complexity index is 1040. The van der Waals surface area contributed by atoms with Crippen LogP contribution in [0, 0.1) is 27.7 Å². The molecule has 1 heterocycles. The number of benzene rings is 2. The lowest BCUT2D eigenvalue weighted by atomic mass is 10.1. The summed E-state index contributed by atoms with van der Waals surface area (Å²) in [5, 5.41) is 2.88. The number of hydrogen-bond acceptors (Lipinski definition) is 4. The van der Waals surface area contributed by atoms with Gasteiger partial charge in [-0.15, -0.1) is 11.3 Å².